The predicted molar refractivity (Wildman–Crippen MR) is 112 cm³/mol. The zero-order chi connectivity index (χ0) is 21.1. The minimum atomic E-state index is -0.458. The Morgan fingerprint density at radius 1 is 1.34 bits per heavy atom. The molecule has 0 aliphatic heterocycles. The quantitative estimate of drug-likeness (QED) is 0.589. The van der Waals surface area contributed by atoms with Crippen molar-refractivity contribution >= 4 is 27.5 Å². The Balaban J connectivity index is 1.71. The molecule has 8 heteroatoms. The topological polar surface area (TPSA) is 64.4 Å². The number of hydrogen-bond donors (Lipinski definition) is 0. The fourth-order valence-electron chi connectivity index (χ4n) is 3.21. The first kappa shape index (κ1) is 21.0. The minimum absolute atomic E-state index is 0.103. The molecule has 0 fully saturated rings. The Hall–Kier alpha value is -2.74. The normalized spacial score (nSPS) is 11.1. The molecule has 0 aliphatic carbocycles. The van der Waals surface area contributed by atoms with E-state index >= 15 is 0 Å². The molecule has 0 spiro atoms. The van der Waals surface area contributed by atoms with Gasteiger partial charge in [0.2, 0.25) is 5.91 Å². The third-order valence-electron chi connectivity index (χ3n) is 5.05. The van der Waals surface area contributed by atoms with Gasteiger partial charge < -0.3 is 9.64 Å². The monoisotopic (exact) mass is 417 g/mol. The van der Waals surface area contributed by atoms with Gasteiger partial charge in [0.1, 0.15) is 4.83 Å². The molecule has 3 rings (SSSR count). The van der Waals surface area contributed by atoms with Crippen molar-refractivity contribution in [3.63, 3.8) is 0 Å². The lowest BCUT2D eigenvalue weighted by molar-refractivity contribution is -0.131. The van der Waals surface area contributed by atoms with Crippen LogP contribution in [-0.2, 0) is 17.9 Å². The van der Waals surface area contributed by atoms with Gasteiger partial charge >= 0.3 is 0 Å². The fourth-order valence-corrected chi connectivity index (χ4v) is 4.20. The van der Waals surface area contributed by atoms with Crippen molar-refractivity contribution in [1.29, 1.82) is 0 Å². The highest BCUT2D eigenvalue weighted by Crippen LogP contribution is 2.25. The zero-order valence-corrected chi connectivity index (χ0v) is 17.8. The summed E-state index contributed by atoms with van der Waals surface area (Å²) in [6, 6.07) is 4.66. The molecule has 0 unspecified atom stereocenters. The Morgan fingerprint density at radius 3 is 2.76 bits per heavy atom. The number of hydrogen-bond acceptors (Lipinski definition) is 5. The Morgan fingerprint density at radius 2 is 2.10 bits per heavy atom. The maximum Gasteiger partial charge on any atom is 0.262 e. The number of aryl methyl sites for hydroxylation is 3. The van der Waals surface area contributed by atoms with Crippen LogP contribution in [0.2, 0.25) is 0 Å². The summed E-state index contributed by atoms with van der Waals surface area (Å²) in [7, 11) is 1.41. The van der Waals surface area contributed by atoms with Crippen LogP contribution in [0.3, 0.4) is 0 Å². The molecule has 0 aliphatic rings. The smallest absolute Gasteiger partial charge is 0.262 e. The molecule has 6 nitrogen and oxygen atoms in total. The van der Waals surface area contributed by atoms with Crippen molar-refractivity contribution in [2.45, 2.75) is 40.3 Å². The lowest BCUT2D eigenvalue weighted by Gasteiger charge is -2.21. The number of aromatic nitrogens is 2. The molecule has 29 heavy (non-hydrogen) atoms. The summed E-state index contributed by atoms with van der Waals surface area (Å²) in [5.74, 6) is -0.390. The second-order valence-electron chi connectivity index (χ2n) is 6.83. The second kappa shape index (κ2) is 8.73. The first-order chi connectivity index (χ1) is 13.8. The molecule has 3 aromatic rings. The molecule has 1 aromatic carbocycles. The molecule has 0 saturated heterocycles. The summed E-state index contributed by atoms with van der Waals surface area (Å²) in [6.45, 7) is 6.79. The number of nitrogens with zero attached hydrogens (tertiary/aromatic N) is 3. The second-order valence-corrected chi connectivity index (χ2v) is 8.04. The third-order valence-corrected chi connectivity index (χ3v) is 6.16. The zero-order valence-electron chi connectivity index (χ0n) is 17.0. The minimum Gasteiger partial charge on any atom is -0.494 e. The van der Waals surface area contributed by atoms with Crippen molar-refractivity contribution in [3.05, 3.63) is 56.7 Å². The van der Waals surface area contributed by atoms with Gasteiger partial charge in [0.05, 0.1) is 18.8 Å². The highest BCUT2D eigenvalue weighted by molar-refractivity contribution is 7.18. The lowest BCUT2D eigenvalue weighted by atomic mass is 10.2. The number of ether oxygens (including phenoxy) is 1. The molecule has 0 atom stereocenters. The van der Waals surface area contributed by atoms with Crippen LogP contribution in [0, 0.1) is 19.7 Å². The van der Waals surface area contributed by atoms with E-state index in [9.17, 15) is 14.0 Å². The number of thiophene rings is 1. The van der Waals surface area contributed by atoms with Gasteiger partial charge in [-0.2, -0.15) is 0 Å². The standard InChI is InChI=1S/C21H24FN3O3S/c1-5-24(11-15-6-7-17(28-4)16(22)10-15)18(26)8-9-25-12-23-20-19(21(25)27)13(2)14(3)29-20/h6-7,10,12H,5,8-9,11H2,1-4H3. The van der Waals surface area contributed by atoms with Crippen LogP contribution in [0.1, 0.15) is 29.3 Å². The van der Waals surface area contributed by atoms with E-state index in [0.29, 0.717) is 24.0 Å². The summed E-state index contributed by atoms with van der Waals surface area (Å²) in [4.78, 5) is 33.2. The van der Waals surface area contributed by atoms with Crippen LogP contribution in [-0.4, -0.2) is 34.0 Å². The SMILES string of the molecule is CCN(Cc1ccc(OC)c(F)c1)C(=O)CCn1cnc2sc(C)c(C)c2c1=O. The van der Waals surface area contributed by atoms with Gasteiger partial charge in [-0.25, -0.2) is 9.37 Å². The van der Waals surface area contributed by atoms with Crippen molar-refractivity contribution in [2.24, 2.45) is 0 Å². The van der Waals surface area contributed by atoms with E-state index in [2.05, 4.69) is 4.98 Å². The molecule has 2 aromatic heterocycles. The van der Waals surface area contributed by atoms with Crippen LogP contribution in [0.15, 0.2) is 29.3 Å². The number of amides is 1. The molecule has 2 heterocycles. The average molecular weight is 418 g/mol. The number of carbonyl (C=O) groups is 1. The van der Waals surface area contributed by atoms with Gasteiger partial charge in [-0.05, 0) is 44.0 Å². The van der Waals surface area contributed by atoms with E-state index in [0.717, 1.165) is 15.3 Å². The average Bonchev–Trinajstić information content (AvgIpc) is 3.00. The van der Waals surface area contributed by atoms with Gasteiger partial charge in [0.25, 0.3) is 5.56 Å². The van der Waals surface area contributed by atoms with E-state index in [-0.39, 0.29) is 30.2 Å². The Kier molecular flexibility index (Phi) is 6.32. The molecule has 0 bridgehead atoms. The lowest BCUT2D eigenvalue weighted by Crippen LogP contribution is -2.32. The number of benzene rings is 1. The highest BCUT2D eigenvalue weighted by Gasteiger charge is 2.16. The van der Waals surface area contributed by atoms with Gasteiger partial charge in [-0.1, -0.05) is 6.07 Å². The van der Waals surface area contributed by atoms with Crippen LogP contribution >= 0.6 is 11.3 Å². The number of rotatable bonds is 7. The summed E-state index contributed by atoms with van der Waals surface area (Å²) < 4.78 is 20.3. The predicted octanol–water partition coefficient (Wildman–Crippen LogP) is 3.66. The molecule has 0 N–H and O–H groups in total. The maximum absolute atomic E-state index is 13.9. The van der Waals surface area contributed by atoms with Crippen LogP contribution in [0.25, 0.3) is 10.2 Å². The molecule has 0 saturated carbocycles. The number of carbonyl (C=O) groups excluding carboxylic acids is 1. The van der Waals surface area contributed by atoms with Crippen LogP contribution in [0.5, 0.6) is 5.75 Å². The van der Waals surface area contributed by atoms with E-state index < -0.39 is 5.82 Å². The number of halogens is 1. The van der Waals surface area contributed by atoms with Gasteiger partial charge in [0, 0.05) is 30.9 Å². The van der Waals surface area contributed by atoms with E-state index in [1.165, 1.54) is 35.4 Å². The maximum atomic E-state index is 13.9. The van der Waals surface area contributed by atoms with Crippen molar-refractivity contribution < 1.29 is 13.9 Å². The fraction of sp³-hybridized carbons (Fsp3) is 0.381. The number of methoxy groups -OCH3 is 1. The van der Waals surface area contributed by atoms with Crippen molar-refractivity contribution in [2.75, 3.05) is 13.7 Å². The van der Waals surface area contributed by atoms with Crippen molar-refractivity contribution in [3.8, 4) is 5.75 Å². The van der Waals surface area contributed by atoms with Crippen LogP contribution in [0.4, 0.5) is 4.39 Å². The van der Waals surface area contributed by atoms with Crippen LogP contribution < -0.4 is 10.3 Å². The molecule has 0 radical (unpaired) electrons. The highest BCUT2D eigenvalue weighted by atomic mass is 32.1. The summed E-state index contributed by atoms with van der Waals surface area (Å²) in [5, 5.41) is 0.628. The number of fused-ring (bicyclic) bond motifs is 1. The molecular formula is C21H24FN3O3S. The molecular weight excluding hydrogens is 393 g/mol. The van der Waals surface area contributed by atoms with Gasteiger partial charge in [-0.3, -0.25) is 14.2 Å². The Labute approximate surface area is 172 Å². The van der Waals surface area contributed by atoms with Crippen molar-refractivity contribution in [1.82, 2.24) is 14.5 Å². The summed E-state index contributed by atoms with van der Waals surface area (Å²) in [5.41, 5.74) is 1.51. The van der Waals surface area contributed by atoms with Gasteiger partial charge in [0.15, 0.2) is 11.6 Å². The third kappa shape index (κ3) is 4.32. The Bertz CT molecular complexity index is 1110. The first-order valence-electron chi connectivity index (χ1n) is 9.41. The summed E-state index contributed by atoms with van der Waals surface area (Å²) >= 11 is 1.50. The summed E-state index contributed by atoms with van der Waals surface area (Å²) in [6.07, 6.45) is 1.67. The van der Waals surface area contributed by atoms with Gasteiger partial charge in [-0.15, -0.1) is 11.3 Å². The van der Waals surface area contributed by atoms with E-state index in [1.54, 1.807) is 17.0 Å². The largest absolute Gasteiger partial charge is 0.494 e. The van der Waals surface area contributed by atoms with E-state index in [4.69, 9.17) is 4.74 Å². The molecule has 1 amide bonds. The van der Waals surface area contributed by atoms with E-state index in [1.807, 2.05) is 20.8 Å². The first-order valence-corrected chi connectivity index (χ1v) is 10.2. The molecule has 154 valence electrons.